The molecule has 0 bridgehead atoms. The first kappa shape index (κ1) is 19.8. The van der Waals surface area contributed by atoms with Crippen LogP contribution in [0.2, 0.25) is 0 Å². The lowest BCUT2D eigenvalue weighted by Crippen LogP contribution is -2.30. The number of carbonyl (C=O) groups excluding carboxylic acids is 2. The van der Waals surface area contributed by atoms with Crippen molar-refractivity contribution in [3.8, 4) is 6.07 Å². The molecular formula is C24H21N3O2. The number of rotatable bonds is 6. The summed E-state index contributed by atoms with van der Waals surface area (Å²) in [5.74, 6) is -0.460. The quantitative estimate of drug-likeness (QED) is 0.682. The number of benzene rings is 3. The van der Waals surface area contributed by atoms with Gasteiger partial charge in [0.1, 0.15) is 0 Å². The molecule has 0 saturated heterocycles. The SMILES string of the molecule is CCN(Cc1ccccc1)C(=O)c1cccc(C(=O)Nc2cccc(C#N)c2)c1. The van der Waals surface area contributed by atoms with E-state index in [-0.39, 0.29) is 11.8 Å². The van der Waals surface area contributed by atoms with Crippen molar-refractivity contribution in [3.63, 3.8) is 0 Å². The first-order valence-corrected chi connectivity index (χ1v) is 9.35. The van der Waals surface area contributed by atoms with Gasteiger partial charge in [0, 0.05) is 29.9 Å². The largest absolute Gasteiger partial charge is 0.335 e. The molecule has 0 aliphatic rings. The van der Waals surface area contributed by atoms with Crippen LogP contribution in [0.15, 0.2) is 78.9 Å². The molecule has 0 aliphatic heterocycles. The Morgan fingerprint density at radius 3 is 2.38 bits per heavy atom. The number of nitriles is 1. The molecule has 3 rings (SSSR count). The number of nitrogens with zero attached hydrogens (tertiary/aromatic N) is 2. The molecule has 0 spiro atoms. The average Bonchev–Trinajstić information content (AvgIpc) is 2.78. The maximum Gasteiger partial charge on any atom is 0.255 e. The van der Waals surface area contributed by atoms with Gasteiger partial charge in [0.2, 0.25) is 0 Å². The second kappa shape index (κ2) is 9.34. The standard InChI is InChI=1S/C24H21N3O2/c1-2-27(17-18-8-4-3-5-9-18)24(29)21-12-7-11-20(15-21)23(28)26-22-13-6-10-19(14-22)16-25/h3-15H,2,17H2,1H3,(H,26,28). The highest BCUT2D eigenvalue weighted by Crippen LogP contribution is 2.15. The van der Waals surface area contributed by atoms with Crippen molar-refractivity contribution < 1.29 is 9.59 Å². The molecule has 0 radical (unpaired) electrons. The molecule has 29 heavy (non-hydrogen) atoms. The molecular weight excluding hydrogens is 362 g/mol. The van der Waals surface area contributed by atoms with E-state index in [9.17, 15) is 9.59 Å². The lowest BCUT2D eigenvalue weighted by molar-refractivity contribution is 0.0752. The average molecular weight is 383 g/mol. The summed E-state index contributed by atoms with van der Waals surface area (Å²) >= 11 is 0. The Hall–Kier alpha value is -3.91. The van der Waals surface area contributed by atoms with Crippen molar-refractivity contribution in [1.82, 2.24) is 4.90 Å². The molecule has 3 aromatic carbocycles. The monoisotopic (exact) mass is 383 g/mol. The van der Waals surface area contributed by atoms with Gasteiger partial charge in [0.05, 0.1) is 11.6 Å². The molecule has 0 aromatic heterocycles. The lowest BCUT2D eigenvalue weighted by Gasteiger charge is -2.21. The third kappa shape index (κ3) is 5.08. The molecule has 2 amide bonds. The van der Waals surface area contributed by atoms with Crippen molar-refractivity contribution in [2.24, 2.45) is 0 Å². The second-order valence-electron chi connectivity index (χ2n) is 6.53. The van der Waals surface area contributed by atoms with E-state index in [0.29, 0.717) is 35.5 Å². The van der Waals surface area contributed by atoms with Crippen LogP contribution in [-0.2, 0) is 6.54 Å². The van der Waals surface area contributed by atoms with Crippen LogP contribution in [0.25, 0.3) is 0 Å². The Kier molecular flexibility index (Phi) is 6.39. The molecule has 5 heteroatoms. The van der Waals surface area contributed by atoms with Crippen LogP contribution < -0.4 is 5.32 Å². The van der Waals surface area contributed by atoms with Crippen LogP contribution in [-0.4, -0.2) is 23.3 Å². The summed E-state index contributed by atoms with van der Waals surface area (Å²) in [4.78, 5) is 27.3. The molecule has 0 atom stereocenters. The summed E-state index contributed by atoms with van der Waals surface area (Å²) in [7, 11) is 0. The van der Waals surface area contributed by atoms with Crippen molar-refractivity contribution >= 4 is 17.5 Å². The van der Waals surface area contributed by atoms with E-state index >= 15 is 0 Å². The second-order valence-corrected chi connectivity index (χ2v) is 6.53. The predicted octanol–water partition coefficient (Wildman–Crippen LogP) is 4.47. The Bertz CT molecular complexity index is 1050. The van der Waals surface area contributed by atoms with E-state index in [1.54, 1.807) is 53.4 Å². The van der Waals surface area contributed by atoms with Crippen molar-refractivity contribution in [2.45, 2.75) is 13.5 Å². The summed E-state index contributed by atoms with van der Waals surface area (Å²) in [6, 6.07) is 25.2. The van der Waals surface area contributed by atoms with Gasteiger partial charge in [0.25, 0.3) is 11.8 Å². The molecule has 0 fully saturated rings. The highest BCUT2D eigenvalue weighted by molar-refractivity contribution is 6.06. The zero-order valence-corrected chi connectivity index (χ0v) is 16.1. The van der Waals surface area contributed by atoms with Gasteiger partial charge in [-0.05, 0) is 48.9 Å². The molecule has 0 aliphatic carbocycles. The van der Waals surface area contributed by atoms with Crippen LogP contribution in [0, 0.1) is 11.3 Å². The summed E-state index contributed by atoms with van der Waals surface area (Å²) in [6.45, 7) is 3.00. The molecule has 0 unspecified atom stereocenters. The van der Waals surface area contributed by atoms with E-state index in [1.807, 2.05) is 43.3 Å². The fourth-order valence-corrected chi connectivity index (χ4v) is 2.98. The smallest absolute Gasteiger partial charge is 0.255 e. The molecule has 1 N–H and O–H groups in total. The van der Waals surface area contributed by atoms with Crippen LogP contribution in [0.5, 0.6) is 0 Å². The Labute approximate surface area is 170 Å². The van der Waals surface area contributed by atoms with Crippen molar-refractivity contribution in [2.75, 3.05) is 11.9 Å². The Morgan fingerprint density at radius 1 is 0.931 bits per heavy atom. The third-order valence-electron chi connectivity index (χ3n) is 4.51. The highest BCUT2D eigenvalue weighted by atomic mass is 16.2. The zero-order chi connectivity index (χ0) is 20.6. The number of amides is 2. The Morgan fingerprint density at radius 2 is 1.66 bits per heavy atom. The van der Waals surface area contributed by atoms with E-state index in [4.69, 9.17) is 5.26 Å². The fraction of sp³-hybridized carbons (Fsp3) is 0.125. The van der Waals surface area contributed by atoms with Crippen LogP contribution in [0.4, 0.5) is 5.69 Å². The number of anilines is 1. The maximum atomic E-state index is 13.0. The van der Waals surface area contributed by atoms with Gasteiger partial charge < -0.3 is 10.2 Å². The summed E-state index contributed by atoms with van der Waals surface area (Å²) in [5, 5.41) is 11.8. The Balaban J connectivity index is 1.76. The maximum absolute atomic E-state index is 13.0. The minimum Gasteiger partial charge on any atom is -0.335 e. The number of hydrogen-bond acceptors (Lipinski definition) is 3. The minimum absolute atomic E-state index is 0.127. The molecule has 144 valence electrons. The molecule has 3 aromatic rings. The number of nitrogens with one attached hydrogen (secondary N) is 1. The first-order chi connectivity index (χ1) is 14.1. The minimum atomic E-state index is -0.333. The third-order valence-corrected chi connectivity index (χ3v) is 4.51. The van der Waals surface area contributed by atoms with E-state index in [0.717, 1.165) is 5.56 Å². The van der Waals surface area contributed by atoms with E-state index in [1.165, 1.54) is 0 Å². The fourth-order valence-electron chi connectivity index (χ4n) is 2.98. The topological polar surface area (TPSA) is 73.2 Å². The van der Waals surface area contributed by atoms with E-state index in [2.05, 4.69) is 5.32 Å². The van der Waals surface area contributed by atoms with Gasteiger partial charge in [-0.2, -0.15) is 5.26 Å². The molecule has 0 saturated carbocycles. The highest BCUT2D eigenvalue weighted by Gasteiger charge is 2.16. The van der Waals surface area contributed by atoms with Crippen LogP contribution in [0.3, 0.4) is 0 Å². The van der Waals surface area contributed by atoms with Gasteiger partial charge in [-0.3, -0.25) is 9.59 Å². The summed E-state index contributed by atoms with van der Waals surface area (Å²) < 4.78 is 0. The van der Waals surface area contributed by atoms with Gasteiger partial charge in [0.15, 0.2) is 0 Å². The lowest BCUT2D eigenvalue weighted by atomic mass is 10.1. The predicted molar refractivity (Wildman–Crippen MR) is 112 cm³/mol. The molecule has 5 nitrogen and oxygen atoms in total. The summed E-state index contributed by atoms with van der Waals surface area (Å²) in [6.07, 6.45) is 0. The van der Waals surface area contributed by atoms with Crippen LogP contribution in [0.1, 0.15) is 38.8 Å². The number of hydrogen-bond donors (Lipinski definition) is 1. The molecule has 0 heterocycles. The zero-order valence-electron chi connectivity index (χ0n) is 16.1. The van der Waals surface area contributed by atoms with Gasteiger partial charge >= 0.3 is 0 Å². The van der Waals surface area contributed by atoms with Crippen LogP contribution >= 0.6 is 0 Å². The van der Waals surface area contributed by atoms with Crippen molar-refractivity contribution in [1.29, 1.82) is 5.26 Å². The van der Waals surface area contributed by atoms with Gasteiger partial charge in [-0.15, -0.1) is 0 Å². The normalized spacial score (nSPS) is 10.1. The van der Waals surface area contributed by atoms with E-state index < -0.39 is 0 Å². The summed E-state index contributed by atoms with van der Waals surface area (Å²) in [5.41, 5.74) is 2.89. The first-order valence-electron chi connectivity index (χ1n) is 9.35. The van der Waals surface area contributed by atoms with Gasteiger partial charge in [-0.1, -0.05) is 42.5 Å². The number of carbonyl (C=O) groups is 2. The van der Waals surface area contributed by atoms with Gasteiger partial charge in [-0.25, -0.2) is 0 Å². The van der Waals surface area contributed by atoms with Crippen molar-refractivity contribution in [3.05, 3.63) is 101 Å².